The third kappa shape index (κ3) is 5.07. The molecular weight excluding hydrogens is 476 g/mol. The van der Waals surface area contributed by atoms with Gasteiger partial charge in [0.05, 0.1) is 12.9 Å². The zero-order valence-electron chi connectivity index (χ0n) is 21.5. The molecule has 0 saturated carbocycles. The number of aliphatic hydroxyl groups is 1. The van der Waals surface area contributed by atoms with Crippen LogP contribution in [0.15, 0.2) is 12.7 Å². The molecule has 0 radical (unpaired) electrons. The Bertz CT molecular complexity index is 987. The van der Waals surface area contributed by atoms with E-state index in [4.69, 9.17) is 25.2 Å². The quantitative estimate of drug-likeness (QED) is 0.421. The topological polar surface area (TPSA) is 91.5 Å². The van der Waals surface area contributed by atoms with Crippen LogP contribution in [0, 0.1) is 0 Å². The molecule has 8 nitrogen and oxygen atoms in total. The zero-order chi connectivity index (χ0) is 25.0. The van der Waals surface area contributed by atoms with Crippen LogP contribution < -0.4 is 0 Å². The van der Waals surface area contributed by atoms with Gasteiger partial charge in [-0.1, -0.05) is 53.1 Å². The van der Waals surface area contributed by atoms with Gasteiger partial charge in [0.25, 0.3) is 0 Å². The van der Waals surface area contributed by atoms with Gasteiger partial charge < -0.3 is 18.7 Å². The van der Waals surface area contributed by atoms with E-state index in [-0.39, 0.29) is 21.8 Å². The second-order valence-corrected chi connectivity index (χ2v) is 21.8. The zero-order valence-corrected chi connectivity index (χ0v) is 24.3. The molecule has 0 amide bonds. The van der Waals surface area contributed by atoms with Gasteiger partial charge in [-0.25, -0.2) is 15.0 Å². The van der Waals surface area contributed by atoms with Crippen LogP contribution in [0.2, 0.25) is 41.4 Å². The third-order valence-corrected chi connectivity index (χ3v) is 16.8. The summed E-state index contributed by atoms with van der Waals surface area (Å²) in [5.74, 6) is 0. The predicted molar refractivity (Wildman–Crippen MR) is 135 cm³/mol. The van der Waals surface area contributed by atoms with Crippen molar-refractivity contribution in [1.29, 1.82) is 0 Å². The third-order valence-electron chi connectivity index (χ3n) is 7.53. The highest BCUT2D eigenvalue weighted by Gasteiger charge is 2.54. The van der Waals surface area contributed by atoms with Gasteiger partial charge in [0.2, 0.25) is 0 Å². The summed E-state index contributed by atoms with van der Waals surface area (Å²) < 4.78 is 22.1. The fourth-order valence-corrected chi connectivity index (χ4v) is 6.17. The van der Waals surface area contributed by atoms with E-state index in [2.05, 4.69) is 82.7 Å². The summed E-state index contributed by atoms with van der Waals surface area (Å²) in [4.78, 5) is 12.9. The lowest BCUT2D eigenvalue weighted by atomic mass is 10.1. The fraction of sp³-hybridized carbons (Fsp3) is 0.773. The molecule has 2 aromatic rings. The van der Waals surface area contributed by atoms with Crippen LogP contribution in [0.25, 0.3) is 11.2 Å². The van der Waals surface area contributed by atoms with Crippen molar-refractivity contribution in [3.63, 3.8) is 0 Å². The van der Waals surface area contributed by atoms with E-state index in [9.17, 15) is 5.11 Å². The van der Waals surface area contributed by atoms with Crippen LogP contribution in [0.1, 0.15) is 47.8 Å². The van der Waals surface area contributed by atoms with Crippen LogP contribution >= 0.6 is 11.6 Å². The molecule has 186 valence electrons. The van der Waals surface area contributed by atoms with Crippen LogP contribution in [0.5, 0.6) is 0 Å². The molecule has 1 aliphatic heterocycles. The lowest BCUT2D eigenvalue weighted by Gasteiger charge is -2.44. The summed E-state index contributed by atoms with van der Waals surface area (Å²) in [7, 11) is -4.42. The highest BCUT2D eigenvalue weighted by Crippen LogP contribution is 2.46. The Morgan fingerprint density at radius 3 is 2.03 bits per heavy atom. The summed E-state index contributed by atoms with van der Waals surface area (Å²) >= 11 is 6.25. The number of nitrogens with zero attached hydrogens (tertiary/aromatic N) is 4. The molecule has 11 heteroatoms. The Kier molecular flexibility index (Phi) is 7.25. The Hall–Kier alpha value is -0.886. The maximum atomic E-state index is 10.3. The SMILES string of the molecule is CC(C)(C)[Si](C)(C)O[C@@H]1[C@H](O[Si](C)(C)C(C)(C)C)[C@@H](CO)O[C@H]1n1cnc2c(Cl)ncnc21. The first-order valence-electron chi connectivity index (χ1n) is 11.4. The van der Waals surface area contributed by atoms with Crippen molar-refractivity contribution in [3.05, 3.63) is 17.8 Å². The van der Waals surface area contributed by atoms with Gasteiger partial charge >= 0.3 is 0 Å². The van der Waals surface area contributed by atoms with Crippen molar-refractivity contribution >= 4 is 39.4 Å². The van der Waals surface area contributed by atoms with Crippen LogP contribution in [0.4, 0.5) is 0 Å². The number of rotatable bonds is 6. The van der Waals surface area contributed by atoms with Crippen molar-refractivity contribution in [2.75, 3.05) is 6.61 Å². The molecule has 0 unspecified atom stereocenters. The Morgan fingerprint density at radius 2 is 1.52 bits per heavy atom. The number of halogens is 1. The fourth-order valence-electron chi connectivity index (χ4n) is 3.39. The number of fused-ring (bicyclic) bond motifs is 1. The molecule has 0 spiro atoms. The lowest BCUT2D eigenvalue weighted by molar-refractivity contribution is -0.0491. The standard InChI is InChI=1S/C22H39ClN4O4Si2/c1-21(2,3)32(7,8)30-16-14(11-28)29-20(17(16)31-33(9,10)22(4,5)6)27-13-26-15-18(23)24-12-25-19(15)27/h12-14,16-17,20,28H,11H2,1-10H3/t14-,16-,17-,20-/m1/s1. The van der Waals surface area contributed by atoms with Gasteiger partial charge in [0, 0.05) is 0 Å². The van der Waals surface area contributed by atoms with Crippen LogP contribution in [-0.2, 0) is 13.6 Å². The molecule has 1 aliphatic rings. The predicted octanol–water partition coefficient (Wildman–Crippen LogP) is 5.15. The van der Waals surface area contributed by atoms with Gasteiger partial charge in [-0.2, -0.15) is 0 Å². The molecule has 1 N–H and O–H groups in total. The van der Waals surface area contributed by atoms with Gasteiger partial charge in [0.15, 0.2) is 33.7 Å². The molecule has 1 fully saturated rings. The molecule has 0 aromatic carbocycles. The first-order chi connectivity index (χ1) is 15.0. The molecule has 3 heterocycles. The van der Waals surface area contributed by atoms with E-state index in [0.29, 0.717) is 11.2 Å². The Balaban J connectivity index is 2.10. The average molecular weight is 515 g/mol. The van der Waals surface area contributed by atoms with E-state index < -0.39 is 41.2 Å². The molecule has 3 rings (SSSR count). The number of aliphatic hydroxyl groups excluding tert-OH is 1. The molecule has 1 saturated heterocycles. The minimum Gasteiger partial charge on any atom is -0.408 e. The average Bonchev–Trinajstić information content (AvgIpc) is 3.22. The number of imidazole rings is 1. The van der Waals surface area contributed by atoms with Crippen molar-refractivity contribution in [2.24, 2.45) is 0 Å². The highest BCUT2D eigenvalue weighted by molar-refractivity contribution is 6.74. The summed E-state index contributed by atoms with van der Waals surface area (Å²) in [5.41, 5.74) is 1.07. The van der Waals surface area contributed by atoms with E-state index in [1.165, 1.54) is 6.33 Å². The van der Waals surface area contributed by atoms with E-state index >= 15 is 0 Å². The molecule has 4 atom stereocenters. The Labute approximate surface area is 204 Å². The van der Waals surface area contributed by atoms with Crippen molar-refractivity contribution < 1.29 is 18.7 Å². The molecule has 0 aliphatic carbocycles. The highest BCUT2D eigenvalue weighted by atomic mass is 35.5. The second-order valence-electron chi connectivity index (χ2n) is 11.9. The maximum absolute atomic E-state index is 10.3. The number of aromatic nitrogens is 4. The maximum Gasteiger partial charge on any atom is 0.192 e. The van der Waals surface area contributed by atoms with Gasteiger partial charge in [0.1, 0.15) is 30.2 Å². The number of hydrogen-bond donors (Lipinski definition) is 1. The van der Waals surface area contributed by atoms with E-state index in [0.717, 1.165) is 0 Å². The minimum atomic E-state index is -2.23. The van der Waals surface area contributed by atoms with Crippen LogP contribution in [-0.4, -0.2) is 66.2 Å². The summed E-state index contributed by atoms with van der Waals surface area (Å²) in [6.45, 7) is 21.9. The Morgan fingerprint density at radius 1 is 0.970 bits per heavy atom. The number of hydrogen-bond acceptors (Lipinski definition) is 7. The smallest absolute Gasteiger partial charge is 0.192 e. The molecule has 33 heavy (non-hydrogen) atoms. The molecular formula is C22H39ClN4O4Si2. The normalized spacial score (nSPS) is 25.2. The summed E-state index contributed by atoms with van der Waals surface area (Å²) in [6, 6.07) is 0. The van der Waals surface area contributed by atoms with E-state index in [1.54, 1.807) is 6.33 Å². The first-order valence-corrected chi connectivity index (χ1v) is 17.6. The van der Waals surface area contributed by atoms with Crippen molar-refractivity contribution in [2.45, 2.75) is 102 Å². The number of ether oxygens (including phenoxy) is 1. The summed E-state index contributed by atoms with van der Waals surface area (Å²) in [6.07, 6.45) is 1.10. The molecule has 0 bridgehead atoms. The first kappa shape index (κ1) is 26.7. The van der Waals surface area contributed by atoms with E-state index in [1.807, 2.05) is 4.57 Å². The second kappa shape index (κ2) is 8.96. The van der Waals surface area contributed by atoms with Crippen LogP contribution in [0.3, 0.4) is 0 Å². The van der Waals surface area contributed by atoms with Gasteiger partial charge in [-0.05, 0) is 36.3 Å². The van der Waals surface area contributed by atoms with Gasteiger partial charge in [-0.3, -0.25) is 4.57 Å². The lowest BCUT2D eigenvalue weighted by Crippen LogP contribution is -2.53. The minimum absolute atomic E-state index is 0.00489. The van der Waals surface area contributed by atoms with Crippen molar-refractivity contribution in [1.82, 2.24) is 19.5 Å². The monoisotopic (exact) mass is 514 g/mol. The molecule has 2 aromatic heterocycles. The van der Waals surface area contributed by atoms with Gasteiger partial charge in [-0.15, -0.1) is 0 Å². The van der Waals surface area contributed by atoms with Crippen molar-refractivity contribution in [3.8, 4) is 0 Å². The largest absolute Gasteiger partial charge is 0.408 e. The summed E-state index contributed by atoms with van der Waals surface area (Å²) in [5, 5.41) is 10.5.